The zero-order valence-electron chi connectivity index (χ0n) is 23.5. The van der Waals surface area contributed by atoms with Gasteiger partial charge in [0.15, 0.2) is 17.5 Å². The second-order valence-electron chi connectivity index (χ2n) is 11.5. The molecule has 1 heterocycles. The van der Waals surface area contributed by atoms with Gasteiger partial charge in [-0.2, -0.15) is 0 Å². The maximum absolute atomic E-state index is 4.92. The molecule has 3 nitrogen and oxygen atoms in total. The summed E-state index contributed by atoms with van der Waals surface area (Å²) in [5, 5.41) is 0. The van der Waals surface area contributed by atoms with E-state index < -0.39 is 0 Å². The number of aromatic nitrogens is 3. The predicted octanol–water partition coefficient (Wildman–Crippen LogP) is 9.77. The molecule has 0 atom stereocenters. The van der Waals surface area contributed by atoms with Crippen molar-refractivity contribution in [3.05, 3.63) is 139 Å². The first-order chi connectivity index (χ1) is 20.8. The minimum Gasteiger partial charge on any atom is -0.208 e. The van der Waals surface area contributed by atoms with Crippen molar-refractivity contribution in [1.29, 1.82) is 0 Å². The maximum Gasteiger partial charge on any atom is 0.164 e. The number of rotatable bonds is 4. The fraction of sp³-hybridized carbons (Fsp3) is 0.154. The number of fused-ring (bicyclic) bond motifs is 5. The topological polar surface area (TPSA) is 38.7 Å². The summed E-state index contributed by atoms with van der Waals surface area (Å²) in [7, 11) is 0. The van der Waals surface area contributed by atoms with Crippen molar-refractivity contribution in [3.63, 3.8) is 0 Å². The largest absolute Gasteiger partial charge is 0.208 e. The van der Waals surface area contributed by atoms with Crippen molar-refractivity contribution < 1.29 is 0 Å². The second-order valence-corrected chi connectivity index (χ2v) is 11.5. The lowest BCUT2D eigenvalue weighted by atomic mass is 9.68. The summed E-state index contributed by atoms with van der Waals surface area (Å²) < 4.78 is 0. The molecular weight excluding hydrogens is 510 g/mol. The fourth-order valence-electron chi connectivity index (χ4n) is 7.18. The highest BCUT2D eigenvalue weighted by atomic mass is 15.0. The summed E-state index contributed by atoms with van der Waals surface area (Å²) in [4.78, 5) is 14.7. The van der Waals surface area contributed by atoms with Gasteiger partial charge in [0.2, 0.25) is 0 Å². The van der Waals surface area contributed by atoms with Crippen LogP contribution in [-0.2, 0) is 5.41 Å². The third kappa shape index (κ3) is 4.08. The van der Waals surface area contributed by atoms with Crippen LogP contribution in [-0.4, -0.2) is 15.0 Å². The average Bonchev–Trinajstić information content (AvgIpc) is 3.35. The minimum atomic E-state index is 0.159. The van der Waals surface area contributed by atoms with Crippen LogP contribution >= 0.6 is 0 Å². The van der Waals surface area contributed by atoms with E-state index in [1.807, 2.05) is 60.7 Å². The monoisotopic (exact) mass is 541 g/mol. The van der Waals surface area contributed by atoms with Crippen LogP contribution in [0, 0.1) is 0 Å². The molecule has 1 saturated carbocycles. The summed E-state index contributed by atoms with van der Waals surface area (Å²) in [6.45, 7) is 0. The highest BCUT2D eigenvalue weighted by Crippen LogP contribution is 2.57. The Balaban J connectivity index is 1.23. The molecule has 5 aromatic carbocycles. The molecule has 0 aliphatic heterocycles. The van der Waals surface area contributed by atoms with Gasteiger partial charge in [-0.3, -0.25) is 0 Å². The zero-order chi connectivity index (χ0) is 27.9. The number of benzene rings is 5. The third-order valence-electron chi connectivity index (χ3n) is 9.15. The van der Waals surface area contributed by atoms with E-state index in [0.29, 0.717) is 17.5 Å². The SMILES string of the molecule is c1ccc(-c2nc(-c3ccccc3)nc(-c3ccc(-c4cccc5c4-c4ccccc4C54CCCCC4)cc3)n2)cc1. The van der Waals surface area contributed by atoms with Gasteiger partial charge in [-0.15, -0.1) is 0 Å². The van der Waals surface area contributed by atoms with Crippen LogP contribution in [0.15, 0.2) is 127 Å². The Labute approximate surface area is 247 Å². The van der Waals surface area contributed by atoms with Crippen molar-refractivity contribution in [2.75, 3.05) is 0 Å². The number of nitrogens with zero attached hydrogens (tertiary/aromatic N) is 3. The van der Waals surface area contributed by atoms with Gasteiger partial charge in [0.25, 0.3) is 0 Å². The van der Waals surface area contributed by atoms with E-state index in [4.69, 9.17) is 15.0 Å². The Morgan fingerprint density at radius 1 is 0.381 bits per heavy atom. The molecule has 8 rings (SSSR count). The second kappa shape index (κ2) is 10.2. The van der Waals surface area contributed by atoms with Gasteiger partial charge in [0, 0.05) is 22.1 Å². The van der Waals surface area contributed by atoms with Gasteiger partial charge < -0.3 is 0 Å². The van der Waals surface area contributed by atoms with E-state index in [-0.39, 0.29) is 5.41 Å². The zero-order valence-corrected chi connectivity index (χ0v) is 23.5. The molecule has 0 amide bonds. The smallest absolute Gasteiger partial charge is 0.164 e. The van der Waals surface area contributed by atoms with Crippen LogP contribution in [0.4, 0.5) is 0 Å². The van der Waals surface area contributed by atoms with Gasteiger partial charge in [0.1, 0.15) is 0 Å². The maximum atomic E-state index is 4.92. The highest BCUT2D eigenvalue weighted by molar-refractivity contribution is 5.93. The van der Waals surface area contributed by atoms with Crippen LogP contribution in [0.25, 0.3) is 56.4 Å². The molecule has 2 aliphatic rings. The Morgan fingerprint density at radius 3 is 1.48 bits per heavy atom. The summed E-state index contributed by atoms with van der Waals surface area (Å²) in [6.07, 6.45) is 6.43. The van der Waals surface area contributed by atoms with Gasteiger partial charge in [-0.05, 0) is 46.2 Å². The Kier molecular flexibility index (Phi) is 6.03. The molecule has 0 N–H and O–H groups in total. The third-order valence-corrected chi connectivity index (χ3v) is 9.15. The van der Waals surface area contributed by atoms with Gasteiger partial charge in [0.05, 0.1) is 0 Å². The molecule has 1 spiro atoms. The molecule has 1 aromatic heterocycles. The van der Waals surface area contributed by atoms with Crippen molar-refractivity contribution in [2.45, 2.75) is 37.5 Å². The first-order valence-corrected chi connectivity index (χ1v) is 15.0. The molecule has 1 fully saturated rings. The van der Waals surface area contributed by atoms with Crippen LogP contribution in [0.3, 0.4) is 0 Å². The molecule has 3 heteroatoms. The molecule has 0 radical (unpaired) electrons. The van der Waals surface area contributed by atoms with Gasteiger partial charge in [-0.1, -0.05) is 147 Å². The number of hydrogen-bond donors (Lipinski definition) is 0. The van der Waals surface area contributed by atoms with E-state index in [1.54, 1.807) is 0 Å². The van der Waals surface area contributed by atoms with E-state index in [1.165, 1.54) is 65.5 Å². The van der Waals surface area contributed by atoms with E-state index in [2.05, 4.69) is 66.7 Å². The van der Waals surface area contributed by atoms with Crippen LogP contribution < -0.4 is 0 Å². The lowest BCUT2D eigenvalue weighted by Gasteiger charge is -2.36. The molecule has 42 heavy (non-hydrogen) atoms. The summed E-state index contributed by atoms with van der Waals surface area (Å²) in [5.41, 5.74) is 11.5. The summed E-state index contributed by atoms with van der Waals surface area (Å²) in [5.74, 6) is 2.04. The quantitative estimate of drug-likeness (QED) is 0.223. The predicted molar refractivity (Wildman–Crippen MR) is 171 cm³/mol. The van der Waals surface area contributed by atoms with Gasteiger partial charge >= 0.3 is 0 Å². The number of hydrogen-bond acceptors (Lipinski definition) is 3. The molecule has 6 aromatic rings. The average molecular weight is 542 g/mol. The molecule has 0 unspecified atom stereocenters. The van der Waals surface area contributed by atoms with Crippen molar-refractivity contribution in [3.8, 4) is 56.4 Å². The summed E-state index contributed by atoms with van der Waals surface area (Å²) in [6, 6.07) is 45.1. The van der Waals surface area contributed by atoms with Crippen LogP contribution in [0.2, 0.25) is 0 Å². The Morgan fingerprint density at radius 2 is 0.857 bits per heavy atom. The first-order valence-electron chi connectivity index (χ1n) is 15.0. The molecule has 2 aliphatic carbocycles. The van der Waals surface area contributed by atoms with Crippen LogP contribution in [0.5, 0.6) is 0 Å². The normalized spacial score (nSPS) is 14.9. The molecular formula is C39H31N3. The van der Waals surface area contributed by atoms with Crippen molar-refractivity contribution in [2.24, 2.45) is 0 Å². The molecule has 202 valence electrons. The lowest BCUT2D eigenvalue weighted by molar-refractivity contribution is 0.353. The Bertz CT molecular complexity index is 1830. The Hall–Kier alpha value is -4.89. The minimum absolute atomic E-state index is 0.159. The van der Waals surface area contributed by atoms with Crippen LogP contribution in [0.1, 0.15) is 43.2 Å². The van der Waals surface area contributed by atoms with Gasteiger partial charge in [-0.25, -0.2) is 15.0 Å². The van der Waals surface area contributed by atoms with E-state index >= 15 is 0 Å². The lowest BCUT2D eigenvalue weighted by Crippen LogP contribution is -2.27. The summed E-state index contributed by atoms with van der Waals surface area (Å²) >= 11 is 0. The highest BCUT2D eigenvalue weighted by Gasteiger charge is 2.44. The van der Waals surface area contributed by atoms with Crippen molar-refractivity contribution >= 4 is 0 Å². The first kappa shape index (κ1) is 24.9. The fourth-order valence-corrected chi connectivity index (χ4v) is 7.18. The standard InChI is InChI=1S/C39H31N3/c1-4-13-28(14-5-1)36-40-37(29-15-6-2-7-16-29)42-38(41-36)30-23-21-27(22-24-30)31-18-12-20-34-35(31)32-17-8-9-19-33(32)39(34)25-10-3-11-26-39/h1-2,4-9,12-24H,3,10-11,25-26H2. The molecule has 0 bridgehead atoms. The molecule has 0 saturated heterocycles. The van der Waals surface area contributed by atoms with E-state index in [9.17, 15) is 0 Å². The van der Waals surface area contributed by atoms with E-state index in [0.717, 1.165) is 16.7 Å². The van der Waals surface area contributed by atoms with Crippen molar-refractivity contribution in [1.82, 2.24) is 15.0 Å².